The minimum Gasteiger partial charge on any atom is -0.434 e. The van der Waals surface area contributed by atoms with Crippen LogP contribution in [0.3, 0.4) is 0 Å². The quantitative estimate of drug-likeness (QED) is 0.344. The molecule has 0 aromatic carbocycles. The Labute approximate surface area is 132 Å². The van der Waals surface area contributed by atoms with E-state index >= 15 is 0 Å². The fourth-order valence-electron chi connectivity index (χ4n) is 0.972. The maximum Gasteiger partial charge on any atom is 0.508 e. The van der Waals surface area contributed by atoms with Crippen molar-refractivity contribution in [2.24, 2.45) is 0 Å². The van der Waals surface area contributed by atoms with Gasteiger partial charge in [-0.2, -0.15) is 0 Å². The second-order valence-electron chi connectivity index (χ2n) is 3.85. The van der Waals surface area contributed by atoms with Crippen molar-refractivity contribution in [3.8, 4) is 0 Å². The fourth-order valence-corrected chi connectivity index (χ4v) is 0.972. The monoisotopic (exact) mass is 314 g/mol. The highest BCUT2D eigenvalue weighted by atomic mass is 16.7. The highest BCUT2D eigenvalue weighted by Gasteiger charge is 2.00. The first-order valence-corrected chi connectivity index (χ1v) is 7.04. The molecule has 0 atom stereocenters. The summed E-state index contributed by atoms with van der Waals surface area (Å²) >= 11 is 0. The average molecular weight is 314 g/mol. The lowest BCUT2D eigenvalue weighted by Crippen LogP contribution is -2.08. The summed E-state index contributed by atoms with van der Waals surface area (Å²) in [5.74, 6) is 0. The molecule has 0 aromatic rings. The molecule has 126 valence electrons. The molecule has 0 aliphatic carbocycles. The van der Waals surface area contributed by atoms with Gasteiger partial charge < -0.3 is 18.9 Å². The van der Waals surface area contributed by atoms with Gasteiger partial charge in [-0.25, -0.2) is 9.59 Å². The van der Waals surface area contributed by atoms with E-state index in [-0.39, 0.29) is 19.8 Å². The molecule has 0 rings (SSSR count). The Hall–Kier alpha value is -2.24. The average Bonchev–Trinajstić information content (AvgIpc) is 2.53. The van der Waals surface area contributed by atoms with Crippen LogP contribution in [-0.2, 0) is 18.9 Å². The Bertz CT molecular complexity index is 311. The van der Waals surface area contributed by atoms with Gasteiger partial charge in [0, 0.05) is 0 Å². The van der Waals surface area contributed by atoms with Crippen LogP contribution in [0.2, 0.25) is 0 Å². The van der Waals surface area contributed by atoms with Crippen LogP contribution in [0.5, 0.6) is 0 Å². The number of hydrogen-bond acceptors (Lipinski definition) is 6. The van der Waals surface area contributed by atoms with E-state index in [2.05, 4.69) is 40.9 Å². The maximum absolute atomic E-state index is 10.7. The topological polar surface area (TPSA) is 71.1 Å². The maximum atomic E-state index is 10.7. The standard InChI is InChI=1S/C9H16O3.C7H10O3/c1-3-5-6-8-12-9(10)11-7-4-2;1-3-5-9-7(8)10-6-4-2/h4H,2-3,5-8H2,1H3;3-4H,1-2,5-6H2. The van der Waals surface area contributed by atoms with E-state index in [1.54, 1.807) is 0 Å². The Morgan fingerprint density at radius 1 is 0.773 bits per heavy atom. The van der Waals surface area contributed by atoms with E-state index in [9.17, 15) is 9.59 Å². The Balaban J connectivity index is 0. The molecular weight excluding hydrogens is 288 g/mol. The summed E-state index contributed by atoms with van der Waals surface area (Å²) in [5.41, 5.74) is 0. The Morgan fingerprint density at radius 3 is 1.55 bits per heavy atom. The summed E-state index contributed by atoms with van der Waals surface area (Å²) in [6, 6.07) is 0. The van der Waals surface area contributed by atoms with Gasteiger partial charge in [-0.15, -0.1) is 0 Å². The van der Waals surface area contributed by atoms with Crippen molar-refractivity contribution in [2.45, 2.75) is 26.2 Å². The Morgan fingerprint density at radius 2 is 1.18 bits per heavy atom. The third kappa shape index (κ3) is 20.1. The number of unbranched alkanes of at least 4 members (excludes halogenated alkanes) is 2. The summed E-state index contributed by atoms with van der Waals surface area (Å²) in [5, 5.41) is 0. The molecule has 0 N–H and O–H groups in total. The zero-order valence-corrected chi connectivity index (χ0v) is 13.3. The molecule has 0 unspecified atom stereocenters. The van der Waals surface area contributed by atoms with Gasteiger partial charge in [-0.1, -0.05) is 57.7 Å². The van der Waals surface area contributed by atoms with Gasteiger partial charge in [-0.3, -0.25) is 0 Å². The van der Waals surface area contributed by atoms with Crippen molar-refractivity contribution in [1.29, 1.82) is 0 Å². The van der Waals surface area contributed by atoms with Crippen LogP contribution in [0.15, 0.2) is 38.0 Å². The summed E-state index contributed by atoms with van der Waals surface area (Å²) in [4.78, 5) is 21.1. The molecule has 0 aromatic heterocycles. The molecule has 0 aliphatic heterocycles. The molecule has 0 bridgehead atoms. The molecule has 0 amide bonds. The van der Waals surface area contributed by atoms with Gasteiger partial charge in [0.1, 0.15) is 19.8 Å². The minimum atomic E-state index is -0.695. The zero-order valence-electron chi connectivity index (χ0n) is 13.3. The lowest BCUT2D eigenvalue weighted by molar-refractivity contribution is 0.0620. The minimum absolute atomic E-state index is 0.177. The summed E-state index contributed by atoms with van der Waals surface area (Å²) in [7, 11) is 0. The highest BCUT2D eigenvalue weighted by Crippen LogP contribution is 1.95. The second-order valence-corrected chi connectivity index (χ2v) is 3.85. The molecule has 6 heteroatoms. The SMILES string of the molecule is C=CCOC(=O)OCC=C.C=CCOC(=O)OCCCCC. The number of ether oxygens (including phenoxy) is 4. The Kier molecular flexibility index (Phi) is 18.8. The van der Waals surface area contributed by atoms with Gasteiger partial charge in [0.2, 0.25) is 0 Å². The normalized spacial score (nSPS) is 8.59. The van der Waals surface area contributed by atoms with Gasteiger partial charge in [0.15, 0.2) is 0 Å². The number of carbonyl (C=O) groups is 2. The summed E-state index contributed by atoms with van der Waals surface area (Å²) in [6.45, 7) is 13.2. The van der Waals surface area contributed by atoms with E-state index in [0.717, 1.165) is 19.3 Å². The van der Waals surface area contributed by atoms with Crippen LogP contribution in [0, 0.1) is 0 Å². The van der Waals surface area contributed by atoms with Crippen molar-refractivity contribution >= 4 is 12.3 Å². The number of hydrogen-bond donors (Lipinski definition) is 0. The largest absolute Gasteiger partial charge is 0.508 e. The van der Waals surface area contributed by atoms with Crippen LogP contribution < -0.4 is 0 Å². The van der Waals surface area contributed by atoms with Crippen LogP contribution in [0.4, 0.5) is 9.59 Å². The summed E-state index contributed by atoms with van der Waals surface area (Å²) < 4.78 is 18.3. The molecule has 6 nitrogen and oxygen atoms in total. The lowest BCUT2D eigenvalue weighted by Gasteiger charge is -2.02. The van der Waals surface area contributed by atoms with E-state index in [4.69, 9.17) is 4.74 Å². The van der Waals surface area contributed by atoms with Gasteiger partial charge in [-0.05, 0) is 6.42 Å². The third-order valence-electron chi connectivity index (χ3n) is 1.92. The van der Waals surface area contributed by atoms with E-state index in [1.807, 2.05) is 0 Å². The smallest absolute Gasteiger partial charge is 0.434 e. The lowest BCUT2D eigenvalue weighted by atomic mass is 10.3. The highest BCUT2D eigenvalue weighted by molar-refractivity contribution is 5.60. The third-order valence-corrected chi connectivity index (χ3v) is 1.92. The van der Waals surface area contributed by atoms with Crippen molar-refractivity contribution in [2.75, 3.05) is 26.4 Å². The van der Waals surface area contributed by atoms with Gasteiger partial charge in [0.05, 0.1) is 6.61 Å². The van der Waals surface area contributed by atoms with Gasteiger partial charge in [0.25, 0.3) is 0 Å². The van der Waals surface area contributed by atoms with E-state index in [1.165, 1.54) is 18.2 Å². The van der Waals surface area contributed by atoms with Crippen molar-refractivity contribution in [3.63, 3.8) is 0 Å². The number of rotatable bonds is 10. The first kappa shape index (κ1) is 22.0. The van der Waals surface area contributed by atoms with E-state index < -0.39 is 12.3 Å². The van der Waals surface area contributed by atoms with Gasteiger partial charge >= 0.3 is 12.3 Å². The first-order valence-electron chi connectivity index (χ1n) is 7.04. The molecule has 0 fully saturated rings. The molecule has 0 spiro atoms. The molecular formula is C16H26O6. The van der Waals surface area contributed by atoms with Crippen LogP contribution in [0.1, 0.15) is 26.2 Å². The molecule has 0 heterocycles. The fraction of sp³-hybridized carbons (Fsp3) is 0.500. The van der Waals surface area contributed by atoms with Crippen molar-refractivity contribution < 1.29 is 28.5 Å². The molecule has 22 heavy (non-hydrogen) atoms. The predicted octanol–water partition coefficient (Wildman–Crippen LogP) is 4.03. The van der Waals surface area contributed by atoms with Crippen molar-refractivity contribution in [1.82, 2.24) is 0 Å². The molecule has 0 saturated carbocycles. The predicted molar refractivity (Wildman–Crippen MR) is 84.7 cm³/mol. The van der Waals surface area contributed by atoms with E-state index in [0.29, 0.717) is 6.61 Å². The van der Waals surface area contributed by atoms with Crippen molar-refractivity contribution in [3.05, 3.63) is 38.0 Å². The molecule has 0 aliphatic rings. The second kappa shape index (κ2) is 18.8. The van der Waals surface area contributed by atoms with Crippen LogP contribution in [0.25, 0.3) is 0 Å². The first-order chi connectivity index (χ1) is 10.6. The molecule has 0 radical (unpaired) electrons. The van der Waals surface area contributed by atoms with Crippen LogP contribution in [-0.4, -0.2) is 38.7 Å². The van der Waals surface area contributed by atoms with Crippen LogP contribution >= 0.6 is 0 Å². The summed E-state index contributed by atoms with van der Waals surface area (Å²) in [6.07, 6.45) is 6.24. The zero-order chi connectivity index (χ0) is 17.1. The number of carbonyl (C=O) groups excluding carboxylic acids is 2. The molecule has 0 saturated heterocycles.